The maximum absolute atomic E-state index is 13.9. The molecule has 0 aliphatic rings. The normalized spacial score (nSPS) is 12.4. The minimum atomic E-state index is -0.991. The molecule has 8 heteroatoms. The van der Waals surface area contributed by atoms with Crippen LogP contribution >= 0.6 is 12.4 Å². The molecule has 0 aliphatic heterocycles. The molecule has 0 aromatic heterocycles. The first-order valence-electron chi connectivity index (χ1n) is 13.8. The van der Waals surface area contributed by atoms with Crippen LogP contribution in [0.3, 0.4) is 0 Å². The second-order valence-electron chi connectivity index (χ2n) is 10.2. The second-order valence-corrected chi connectivity index (χ2v) is 10.2. The molecule has 0 radical (unpaired) electrons. The minimum absolute atomic E-state index is 0. The Kier molecular flexibility index (Phi) is 14.2. The Morgan fingerprint density at radius 3 is 2.27 bits per heavy atom. The summed E-state index contributed by atoms with van der Waals surface area (Å²) in [4.78, 5) is 13.3. The lowest BCUT2D eigenvalue weighted by atomic mass is 9.99. The zero-order chi connectivity index (χ0) is 28.2. The number of rotatable bonds is 15. The first kappa shape index (κ1) is 33.4. The number of unbranched alkanes of at least 4 members (excludes halogenated alkanes) is 1. The van der Waals surface area contributed by atoms with E-state index >= 15 is 0 Å². The van der Waals surface area contributed by atoms with E-state index in [1.807, 2.05) is 31.2 Å². The highest BCUT2D eigenvalue weighted by molar-refractivity contribution is 5.94. The quantitative estimate of drug-likeness (QED) is 0.178. The molecule has 1 amide bonds. The van der Waals surface area contributed by atoms with Crippen molar-refractivity contribution in [2.24, 2.45) is 0 Å². The summed E-state index contributed by atoms with van der Waals surface area (Å²) < 4.78 is 27.8. The van der Waals surface area contributed by atoms with Gasteiger partial charge in [0.1, 0.15) is 11.6 Å². The minimum Gasteiger partial charge on any atom is -0.390 e. The Labute approximate surface area is 243 Å². The molecule has 0 heterocycles. The largest absolute Gasteiger partial charge is 0.390 e. The number of nitrogens with one attached hydrogen (secondary N) is 3. The Balaban J connectivity index is 0.00000560. The smallest absolute Gasteiger partial charge is 0.251 e. The van der Waals surface area contributed by atoms with Crippen molar-refractivity contribution in [1.82, 2.24) is 16.0 Å². The van der Waals surface area contributed by atoms with Gasteiger partial charge in [-0.05, 0) is 79.3 Å². The number of hydrogen-bond donors (Lipinski definition) is 4. The van der Waals surface area contributed by atoms with E-state index in [1.165, 1.54) is 17.7 Å². The van der Waals surface area contributed by atoms with Crippen molar-refractivity contribution in [3.8, 4) is 0 Å². The van der Waals surface area contributed by atoms with Crippen molar-refractivity contribution in [3.63, 3.8) is 0 Å². The zero-order valence-corrected chi connectivity index (χ0v) is 24.4. The summed E-state index contributed by atoms with van der Waals surface area (Å²) in [5.74, 6) is -1.74. The molecule has 2 atom stereocenters. The molecular weight excluding hydrogens is 532 g/mol. The van der Waals surface area contributed by atoms with Crippen molar-refractivity contribution < 1.29 is 18.7 Å². The second kappa shape index (κ2) is 17.1. The van der Waals surface area contributed by atoms with E-state index in [1.54, 1.807) is 6.07 Å². The van der Waals surface area contributed by atoms with Crippen LogP contribution in [0.4, 0.5) is 8.78 Å². The lowest BCUT2D eigenvalue weighted by molar-refractivity contribution is 0.0829. The van der Waals surface area contributed by atoms with Crippen molar-refractivity contribution in [2.75, 3.05) is 13.1 Å². The van der Waals surface area contributed by atoms with E-state index in [-0.39, 0.29) is 31.3 Å². The zero-order valence-electron chi connectivity index (χ0n) is 23.6. The highest BCUT2D eigenvalue weighted by Crippen LogP contribution is 2.15. The van der Waals surface area contributed by atoms with E-state index < -0.39 is 23.8 Å². The highest BCUT2D eigenvalue weighted by atomic mass is 35.5. The van der Waals surface area contributed by atoms with Crippen LogP contribution in [0, 0.1) is 18.6 Å². The third kappa shape index (κ3) is 11.0. The number of aliphatic hydroxyl groups is 1. The Bertz CT molecular complexity index is 1200. The third-order valence-corrected chi connectivity index (χ3v) is 6.68. The molecule has 0 unspecified atom stereocenters. The van der Waals surface area contributed by atoms with Gasteiger partial charge in [-0.3, -0.25) is 4.79 Å². The molecule has 0 bridgehead atoms. The number of benzene rings is 3. The van der Waals surface area contributed by atoms with Gasteiger partial charge in [0.2, 0.25) is 0 Å². The number of carbonyl (C=O) groups is 1. The molecule has 4 N–H and O–H groups in total. The van der Waals surface area contributed by atoms with Crippen LogP contribution in [0.15, 0.2) is 60.7 Å². The van der Waals surface area contributed by atoms with Crippen molar-refractivity contribution in [1.29, 1.82) is 0 Å². The van der Waals surface area contributed by atoms with E-state index in [0.717, 1.165) is 48.6 Å². The van der Waals surface area contributed by atoms with Gasteiger partial charge in [-0.15, -0.1) is 12.4 Å². The summed E-state index contributed by atoms with van der Waals surface area (Å²) >= 11 is 0. The van der Waals surface area contributed by atoms with Gasteiger partial charge in [0.05, 0.1) is 12.1 Å². The van der Waals surface area contributed by atoms with Crippen LogP contribution < -0.4 is 16.0 Å². The molecule has 5 nitrogen and oxygen atoms in total. The number of halogens is 3. The average molecular weight is 574 g/mol. The van der Waals surface area contributed by atoms with E-state index in [2.05, 4.69) is 41.9 Å². The lowest BCUT2D eigenvalue weighted by Gasteiger charge is -2.25. The van der Waals surface area contributed by atoms with Gasteiger partial charge in [-0.1, -0.05) is 56.2 Å². The average Bonchev–Trinajstić information content (AvgIpc) is 2.90. The Morgan fingerprint density at radius 1 is 0.875 bits per heavy atom. The molecule has 0 saturated carbocycles. The molecular formula is C32H42ClF2N3O2. The summed E-state index contributed by atoms with van der Waals surface area (Å²) in [6.45, 7) is 8.47. The fraction of sp³-hybridized carbons (Fsp3) is 0.406. The van der Waals surface area contributed by atoms with Gasteiger partial charge in [0.25, 0.3) is 5.91 Å². The molecule has 3 aromatic carbocycles. The number of hydrogen-bond acceptors (Lipinski definition) is 4. The first-order chi connectivity index (χ1) is 18.8. The number of aliphatic hydroxyl groups excluding tert-OH is 1. The molecule has 0 spiro atoms. The van der Waals surface area contributed by atoms with Crippen LogP contribution in [0.5, 0.6) is 0 Å². The number of carbonyl (C=O) groups excluding carboxylic acids is 1. The predicted molar refractivity (Wildman–Crippen MR) is 160 cm³/mol. The summed E-state index contributed by atoms with van der Waals surface area (Å²) in [5.41, 5.74) is 5.11. The summed E-state index contributed by atoms with van der Waals surface area (Å²) in [5, 5.41) is 20.6. The predicted octanol–water partition coefficient (Wildman–Crippen LogP) is 5.64. The summed E-state index contributed by atoms with van der Waals surface area (Å²) in [6.07, 6.45) is 2.20. The van der Waals surface area contributed by atoms with Crippen molar-refractivity contribution >= 4 is 18.3 Å². The first-order valence-corrected chi connectivity index (χ1v) is 13.8. The maximum atomic E-state index is 13.9. The SMILES string of the molecule is CCCCNCc1cc(C)cc(C(=O)N[C@@H](Cc2cc(F)cc(F)c2)[C@@H](O)CNCc2cccc(CC)c2)c1.Cl. The molecule has 0 saturated heterocycles. The fourth-order valence-electron chi connectivity index (χ4n) is 4.61. The van der Waals surface area contributed by atoms with Crippen LogP contribution in [0.25, 0.3) is 0 Å². The van der Waals surface area contributed by atoms with Crippen molar-refractivity contribution in [3.05, 3.63) is 106 Å². The Morgan fingerprint density at radius 2 is 1.57 bits per heavy atom. The maximum Gasteiger partial charge on any atom is 0.251 e. The molecule has 218 valence electrons. The molecule has 40 heavy (non-hydrogen) atoms. The number of aryl methyl sites for hydroxylation is 2. The van der Waals surface area contributed by atoms with E-state index in [9.17, 15) is 18.7 Å². The fourth-order valence-corrected chi connectivity index (χ4v) is 4.61. The topological polar surface area (TPSA) is 73.4 Å². The van der Waals surface area contributed by atoms with Crippen LogP contribution in [0.2, 0.25) is 0 Å². The molecule has 3 aromatic rings. The van der Waals surface area contributed by atoms with E-state index in [0.29, 0.717) is 24.2 Å². The van der Waals surface area contributed by atoms with Crippen LogP contribution in [-0.2, 0) is 25.9 Å². The Hall–Kier alpha value is -2.84. The van der Waals surface area contributed by atoms with Gasteiger partial charge >= 0.3 is 0 Å². The van der Waals surface area contributed by atoms with Gasteiger partial charge in [0.15, 0.2) is 0 Å². The lowest BCUT2D eigenvalue weighted by Crippen LogP contribution is -2.48. The molecule has 0 aliphatic carbocycles. The third-order valence-electron chi connectivity index (χ3n) is 6.68. The summed E-state index contributed by atoms with van der Waals surface area (Å²) in [6, 6.07) is 16.4. The van der Waals surface area contributed by atoms with Gasteiger partial charge in [-0.25, -0.2) is 8.78 Å². The van der Waals surface area contributed by atoms with Crippen molar-refractivity contribution in [2.45, 2.75) is 71.7 Å². The van der Waals surface area contributed by atoms with E-state index in [4.69, 9.17) is 0 Å². The van der Waals surface area contributed by atoms with Crippen LogP contribution in [-0.4, -0.2) is 36.2 Å². The van der Waals surface area contributed by atoms with Gasteiger partial charge < -0.3 is 21.1 Å². The molecule has 3 rings (SSSR count). The number of amides is 1. The summed E-state index contributed by atoms with van der Waals surface area (Å²) in [7, 11) is 0. The standard InChI is InChI=1S/C32H41F2N3O2.ClH/c1-4-6-10-35-20-26-11-22(3)12-27(14-26)32(39)37-30(17-25-15-28(33)18-29(34)16-25)31(38)21-36-19-24-9-7-8-23(5-2)13-24;/h7-9,11-16,18,30-31,35-36,38H,4-6,10,17,19-21H2,1-3H3,(H,37,39);1H/t30-,31-;/m0./s1. The van der Waals surface area contributed by atoms with Gasteiger partial charge in [-0.2, -0.15) is 0 Å². The molecule has 0 fully saturated rings. The monoisotopic (exact) mass is 573 g/mol. The van der Waals surface area contributed by atoms with Gasteiger partial charge in [0, 0.05) is 31.3 Å². The highest BCUT2D eigenvalue weighted by Gasteiger charge is 2.23. The van der Waals surface area contributed by atoms with Crippen LogP contribution in [0.1, 0.15) is 64.9 Å².